The van der Waals surface area contributed by atoms with Crippen LogP contribution < -0.4 is 0 Å². The Hall–Kier alpha value is 0.110. The topological polar surface area (TPSA) is 44.8 Å². The molecule has 146 valence electrons. The van der Waals surface area contributed by atoms with E-state index in [9.17, 15) is 4.57 Å². The second kappa shape index (κ2) is 17.9. The summed E-state index contributed by atoms with van der Waals surface area (Å²) in [6.07, 6.45) is 15.0. The van der Waals surface area contributed by atoms with Crippen LogP contribution in [-0.4, -0.2) is 19.8 Å². The van der Waals surface area contributed by atoms with E-state index in [2.05, 4.69) is 13.8 Å². The van der Waals surface area contributed by atoms with Gasteiger partial charge < -0.3 is 0 Å². The number of hydrogen-bond acceptors (Lipinski definition) is 4. The van der Waals surface area contributed by atoms with Crippen molar-refractivity contribution in [1.82, 2.24) is 0 Å². The van der Waals surface area contributed by atoms with Gasteiger partial charge in [0.15, 0.2) is 0 Å². The molecule has 5 heteroatoms. The molecule has 0 N–H and O–H groups in total. The first-order valence-corrected chi connectivity index (χ1v) is 11.7. The highest BCUT2D eigenvalue weighted by Crippen LogP contribution is 2.49. The highest BCUT2D eigenvalue weighted by Gasteiger charge is 2.25. The molecule has 0 rings (SSSR count). The van der Waals surface area contributed by atoms with Gasteiger partial charge in [-0.25, -0.2) is 4.57 Å². The zero-order valence-corrected chi connectivity index (χ0v) is 17.3. The molecule has 0 radical (unpaired) electrons. The van der Waals surface area contributed by atoms with E-state index in [0.29, 0.717) is 19.8 Å². The number of phosphoric acid groups is 1. The molecule has 0 aromatic carbocycles. The Bertz CT molecular complexity index is 275. The van der Waals surface area contributed by atoms with Crippen LogP contribution in [0.4, 0.5) is 0 Å². The van der Waals surface area contributed by atoms with Crippen LogP contribution in [0.3, 0.4) is 0 Å². The zero-order chi connectivity index (χ0) is 17.9. The summed E-state index contributed by atoms with van der Waals surface area (Å²) in [6, 6.07) is 0. The molecule has 0 aliphatic rings. The predicted molar refractivity (Wildman–Crippen MR) is 103 cm³/mol. The van der Waals surface area contributed by atoms with Crippen LogP contribution in [0, 0.1) is 0 Å². The van der Waals surface area contributed by atoms with E-state index in [4.69, 9.17) is 13.6 Å². The van der Waals surface area contributed by atoms with Crippen molar-refractivity contribution in [2.24, 2.45) is 0 Å². The summed E-state index contributed by atoms with van der Waals surface area (Å²) in [5.74, 6) is 0. The van der Waals surface area contributed by atoms with E-state index in [0.717, 1.165) is 32.1 Å². The third-order valence-electron chi connectivity index (χ3n) is 3.95. The van der Waals surface area contributed by atoms with Crippen LogP contribution in [-0.2, 0) is 18.1 Å². The van der Waals surface area contributed by atoms with Crippen molar-refractivity contribution in [3.8, 4) is 0 Å². The molecule has 0 unspecified atom stereocenters. The van der Waals surface area contributed by atoms with Gasteiger partial charge in [0.1, 0.15) is 0 Å². The van der Waals surface area contributed by atoms with Crippen molar-refractivity contribution >= 4 is 7.82 Å². The fourth-order valence-corrected chi connectivity index (χ4v) is 3.77. The molecule has 0 saturated heterocycles. The van der Waals surface area contributed by atoms with Gasteiger partial charge in [-0.2, -0.15) is 0 Å². The minimum Gasteiger partial charge on any atom is -0.287 e. The largest absolute Gasteiger partial charge is 0.474 e. The average molecular weight is 365 g/mol. The molecule has 0 aromatic heterocycles. The van der Waals surface area contributed by atoms with Crippen LogP contribution >= 0.6 is 7.82 Å². The summed E-state index contributed by atoms with van der Waals surface area (Å²) in [5, 5.41) is 0. The number of phosphoric ester groups is 1. The highest BCUT2D eigenvalue weighted by molar-refractivity contribution is 7.48. The molecule has 0 aliphatic carbocycles. The standard InChI is InChI=1S/C19H41O4P/c1-4-7-9-11-13-15-18-22-24(20,21-17-6-3)23-19-16-14-12-10-8-5-2/h4-19H2,1-3H3. The maximum atomic E-state index is 12.6. The Balaban J connectivity index is 3.84. The molecule has 4 nitrogen and oxygen atoms in total. The Morgan fingerprint density at radius 3 is 1.29 bits per heavy atom. The van der Waals surface area contributed by atoms with Gasteiger partial charge >= 0.3 is 7.82 Å². The fraction of sp³-hybridized carbons (Fsp3) is 1.00. The van der Waals surface area contributed by atoms with Gasteiger partial charge in [-0.05, 0) is 19.3 Å². The lowest BCUT2D eigenvalue weighted by molar-refractivity contribution is 0.110. The van der Waals surface area contributed by atoms with Crippen molar-refractivity contribution in [3.05, 3.63) is 0 Å². The van der Waals surface area contributed by atoms with Gasteiger partial charge in [0.2, 0.25) is 0 Å². The maximum absolute atomic E-state index is 12.6. The molecule has 0 spiro atoms. The Kier molecular flexibility index (Phi) is 18.0. The first-order chi connectivity index (χ1) is 11.7. The molecule has 0 saturated carbocycles. The van der Waals surface area contributed by atoms with E-state index in [1.54, 1.807) is 0 Å². The molecular formula is C19H41O4P. The minimum absolute atomic E-state index is 0.421. The monoisotopic (exact) mass is 364 g/mol. The smallest absolute Gasteiger partial charge is 0.287 e. The van der Waals surface area contributed by atoms with Crippen molar-refractivity contribution in [2.45, 2.75) is 104 Å². The lowest BCUT2D eigenvalue weighted by Crippen LogP contribution is -2.04. The molecular weight excluding hydrogens is 323 g/mol. The zero-order valence-electron chi connectivity index (χ0n) is 16.4. The van der Waals surface area contributed by atoms with Crippen LogP contribution in [0.1, 0.15) is 104 Å². The Morgan fingerprint density at radius 1 is 0.500 bits per heavy atom. The van der Waals surface area contributed by atoms with E-state index < -0.39 is 7.82 Å². The van der Waals surface area contributed by atoms with E-state index >= 15 is 0 Å². The highest BCUT2D eigenvalue weighted by atomic mass is 31.2. The molecule has 0 heterocycles. The molecule has 0 aromatic rings. The molecule has 0 amide bonds. The van der Waals surface area contributed by atoms with Gasteiger partial charge in [0.05, 0.1) is 19.8 Å². The van der Waals surface area contributed by atoms with Crippen molar-refractivity contribution in [1.29, 1.82) is 0 Å². The van der Waals surface area contributed by atoms with E-state index in [-0.39, 0.29) is 0 Å². The average Bonchev–Trinajstić information content (AvgIpc) is 2.58. The maximum Gasteiger partial charge on any atom is 0.474 e. The first kappa shape index (κ1) is 24.1. The minimum atomic E-state index is -3.36. The van der Waals surface area contributed by atoms with Crippen LogP contribution in [0.25, 0.3) is 0 Å². The summed E-state index contributed by atoms with van der Waals surface area (Å²) < 4.78 is 28.9. The second-order valence-electron chi connectivity index (χ2n) is 6.48. The molecule has 24 heavy (non-hydrogen) atoms. The summed E-state index contributed by atoms with van der Waals surface area (Å²) in [7, 11) is -3.36. The van der Waals surface area contributed by atoms with Crippen molar-refractivity contribution in [2.75, 3.05) is 19.8 Å². The van der Waals surface area contributed by atoms with Gasteiger partial charge in [-0.3, -0.25) is 13.6 Å². The Morgan fingerprint density at radius 2 is 0.875 bits per heavy atom. The molecule has 0 fully saturated rings. The normalized spacial score (nSPS) is 12.0. The van der Waals surface area contributed by atoms with E-state index in [1.807, 2.05) is 6.92 Å². The summed E-state index contributed by atoms with van der Waals surface area (Å²) in [4.78, 5) is 0. The van der Waals surface area contributed by atoms with Gasteiger partial charge in [-0.15, -0.1) is 0 Å². The SMILES string of the molecule is CCCCCCCCOP(=O)(OCCC)OCCCCCCCC. The number of unbranched alkanes of at least 4 members (excludes halogenated alkanes) is 10. The van der Waals surface area contributed by atoms with Gasteiger partial charge in [0, 0.05) is 0 Å². The number of rotatable bonds is 19. The summed E-state index contributed by atoms with van der Waals surface area (Å²) >= 11 is 0. The predicted octanol–water partition coefficient (Wildman–Crippen LogP) is 7.28. The Labute approximate surface area is 150 Å². The molecule has 0 bridgehead atoms. The first-order valence-electron chi connectivity index (χ1n) is 10.2. The lowest BCUT2D eigenvalue weighted by Gasteiger charge is -2.17. The third-order valence-corrected chi connectivity index (χ3v) is 5.44. The van der Waals surface area contributed by atoms with Gasteiger partial charge in [-0.1, -0.05) is 85.0 Å². The van der Waals surface area contributed by atoms with Crippen molar-refractivity contribution < 1.29 is 18.1 Å². The fourth-order valence-electron chi connectivity index (χ4n) is 2.43. The van der Waals surface area contributed by atoms with Gasteiger partial charge in [0.25, 0.3) is 0 Å². The van der Waals surface area contributed by atoms with Crippen LogP contribution in [0.2, 0.25) is 0 Å². The molecule has 0 aliphatic heterocycles. The summed E-state index contributed by atoms with van der Waals surface area (Å²) in [6.45, 7) is 7.76. The van der Waals surface area contributed by atoms with Crippen LogP contribution in [0.5, 0.6) is 0 Å². The number of hydrogen-bond donors (Lipinski definition) is 0. The van der Waals surface area contributed by atoms with Crippen molar-refractivity contribution in [3.63, 3.8) is 0 Å². The van der Waals surface area contributed by atoms with E-state index in [1.165, 1.54) is 51.4 Å². The van der Waals surface area contributed by atoms with Crippen LogP contribution in [0.15, 0.2) is 0 Å². The summed E-state index contributed by atoms with van der Waals surface area (Å²) in [5.41, 5.74) is 0. The lowest BCUT2D eigenvalue weighted by atomic mass is 10.1. The quantitative estimate of drug-likeness (QED) is 0.178. The second-order valence-corrected chi connectivity index (χ2v) is 8.15. The third kappa shape index (κ3) is 15.6. The molecule has 0 atom stereocenters.